The van der Waals surface area contributed by atoms with Crippen LogP contribution >= 0.6 is 0 Å². The van der Waals surface area contributed by atoms with Gasteiger partial charge in [-0.1, -0.05) is 18.6 Å². The highest BCUT2D eigenvalue weighted by Gasteiger charge is 2.15. The molecule has 1 saturated heterocycles. The smallest absolute Gasteiger partial charge is 0.269 e. The minimum Gasteiger partial charge on any atom is -0.371 e. The lowest BCUT2D eigenvalue weighted by Crippen LogP contribution is -2.34. The van der Waals surface area contributed by atoms with Crippen LogP contribution in [0.2, 0.25) is 0 Å². The number of nitrogens with zero attached hydrogens (tertiary/aromatic N) is 1. The normalized spacial score (nSPS) is 20.0. The Bertz CT molecular complexity index is 442. The van der Waals surface area contributed by atoms with Crippen molar-refractivity contribution in [1.82, 2.24) is 5.32 Å². The molecule has 0 saturated carbocycles. The maximum atomic E-state index is 10.6. The Labute approximate surface area is 106 Å². The van der Waals surface area contributed by atoms with E-state index in [1.807, 2.05) is 0 Å². The Balaban J connectivity index is 1.99. The van der Waals surface area contributed by atoms with Gasteiger partial charge in [-0.2, -0.15) is 0 Å². The Morgan fingerprint density at radius 3 is 2.72 bits per heavy atom. The van der Waals surface area contributed by atoms with Crippen molar-refractivity contribution >= 4 is 11.5 Å². The molecule has 5 heteroatoms. The molecule has 1 aliphatic rings. The molecule has 0 aromatic heterocycles. The average molecular weight is 247 g/mol. The monoisotopic (exact) mass is 247 g/mol. The third kappa shape index (κ3) is 3.29. The minimum absolute atomic E-state index is 0.125. The van der Waals surface area contributed by atoms with Gasteiger partial charge < -0.3 is 5.32 Å². The quantitative estimate of drug-likeness (QED) is 0.636. The van der Waals surface area contributed by atoms with Crippen molar-refractivity contribution in [3.8, 4) is 0 Å². The molecular weight excluding hydrogens is 230 g/mol. The van der Waals surface area contributed by atoms with E-state index in [2.05, 4.69) is 5.32 Å². The zero-order valence-electron chi connectivity index (χ0n) is 10.2. The van der Waals surface area contributed by atoms with E-state index in [0.717, 1.165) is 37.7 Å². The summed E-state index contributed by atoms with van der Waals surface area (Å²) in [7, 11) is 0. The number of amidine groups is 1. The number of benzene rings is 1. The van der Waals surface area contributed by atoms with Crippen molar-refractivity contribution in [1.29, 1.82) is 5.41 Å². The van der Waals surface area contributed by atoms with Crippen LogP contribution in [0.4, 0.5) is 5.69 Å². The summed E-state index contributed by atoms with van der Waals surface area (Å²) < 4.78 is 0. The first-order valence-electron chi connectivity index (χ1n) is 6.22. The molecular formula is C13H17N3O2. The van der Waals surface area contributed by atoms with Crippen molar-refractivity contribution in [2.24, 2.45) is 0 Å². The van der Waals surface area contributed by atoms with Crippen molar-refractivity contribution in [2.45, 2.75) is 38.1 Å². The van der Waals surface area contributed by atoms with Crippen LogP contribution in [0.3, 0.4) is 0 Å². The van der Waals surface area contributed by atoms with Gasteiger partial charge in [-0.05, 0) is 24.8 Å². The van der Waals surface area contributed by atoms with Crippen LogP contribution in [-0.2, 0) is 6.42 Å². The fraction of sp³-hybridized carbons (Fsp3) is 0.462. The van der Waals surface area contributed by atoms with E-state index in [1.54, 1.807) is 12.1 Å². The molecule has 1 aromatic carbocycles. The Hall–Kier alpha value is -1.91. The van der Waals surface area contributed by atoms with E-state index in [4.69, 9.17) is 5.41 Å². The summed E-state index contributed by atoms with van der Waals surface area (Å²) in [6, 6.07) is 6.96. The van der Waals surface area contributed by atoms with Crippen LogP contribution in [0, 0.1) is 15.5 Å². The molecule has 1 aliphatic heterocycles. The summed E-state index contributed by atoms with van der Waals surface area (Å²) in [5, 5.41) is 21.5. The fourth-order valence-corrected chi connectivity index (χ4v) is 2.27. The lowest BCUT2D eigenvalue weighted by molar-refractivity contribution is -0.384. The third-order valence-electron chi connectivity index (χ3n) is 3.24. The molecule has 1 heterocycles. The highest BCUT2D eigenvalue weighted by molar-refractivity contribution is 5.79. The molecule has 96 valence electrons. The van der Waals surface area contributed by atoms with Gasteiger partial charge in [0, 0.05) is 24.6 Å². The number of nitrogens with one attached hydrogen (secondary N) is 2. The first kappa shape index (κ1) is 12.5. The third-order valence-corrected chi connectivity index (χ3v) is 3.24. The highest BCUT2D eigenvalue weighted by Crippen LogP contribution is 2.16. The maximum absolute atomic E-state index is 10.6. The molecule has 1 atom stereocenters. The van der Waals surface area contributed by atoms with Crippen LogP contribution in [0.25, 0.3) is 0 Å². The second kappa shape index (κ2) is 5.62. The zero-order valence-corrected chi connectivity index (χ0v) is 10.2. The fourth-order valence-electron chi connectivity index (χ4n) is 2.27. The van der Waals surface area contributed by atoms with Crippen molar-refractivity contribution in [2.75, 3.05) is 0 Å². The van der Waals surface area contributed by atoms with Crippen LogP contribution in [0.15, 0.2) is 24.3 Å². The zero-order chi connectivity index (χ0) is 13.0. The van der Waals surface area contributed by atoms with Gasteiger partial charge in [0.2, 0.25) is 0 Å². The average Bonchev–Trinajstić information content (AvgIpc) is 2.54. The summed E-state index contributed by atoms with van der Waals surface area (Å²) >= 11 is 0. The minimum atomic E-state index is -0.386. The summed E-state index contributed by atoms with van der Waals surface area (Å²) in [5.74, 6) is 0.611. The van der Waals surface area contributed by atoms with E-state index in [-0.39, 0.29) is 16.7 Å². The molecule has 5 nitrogen and oxygen atoms in total. The van der Waals surface area contributed by atoms with E-state index in [0.29, 0.717) is 5.84 Å². The summed E-state index contributed by atoms with van der Waals surface area (Å²) in [5.41, 5.74) is 1.20. The molecule has 18 heavy (non-hydrogen) atoms. The molecule has 0 bridgehead atoms. The number of non-ortho nitro benzene ring substituents is 1. The van der Waals surface area contributed by atoms with Gasteiger partial charge in [-0.15, -0.1) is 0 Å². The second-order valence-electron chi connectivity index (χ2n) is 4.69. The molecule has 1 fully saturated rings. The van der Waals surface area contributed by atoms with E-state index >= 15 is 0 Å². The van der Waals surface area contributed by atoms with Crippen molar-refractivity contribution in [3.63, 3.8) is 0 Å². The summed E-state index contributed by atoms with van der Waals surface area (Å²) in [6.07, 6.45) is 4.91. The predicted molar refractivity (Wildman–Crippen MR) is 69.9 cm³/mol. The maximum Gasteiger partial charge on any atom is 0.269 e. The molecule has 2 rings (SSSR count). The molecule has 2 N–H and O–H groups in total. The number of hydrogen-bond acceptors (Lipinski definition) is 3. The first-order chi connectivity index (χ1) is 8.65. The van der Waals surface area contributed by atoms with Crippen LogP contribution < -0.4 is 5.32 Å². The van der Waals surface area contributed by atoms with Gasteiger partial charge in [-0.3, -0.25) is 15.5 Å². The number of nitro groups is 1. The van der Waals surface area contributed by atoms with Gasteiger partial charge in [0.1, 0.15) is 0 Å². The second-order valence-corrected chi connectivity index (χ2v) is 4.69. The number of rotatable bonds is 3. The van der Waals surface area contributed by atoms with Gasteiger partial charge in [0.15, 0.2) is 0 Å². The van der Waals surface area contributed by atoms with Crippen LogP contribution in [0.1, 0.15) is 31.2 Å². The molecule has 0 spiro atoms. The first-order valence-corrected chi connectivity index (χ1v) is 6.22. The molecule has 1 aromatic rings. The lowest BCUT2D eigenvalue weighted by Gasteiger charge is -2.16. The van der Waals surface area contributed by atoms with Crippen molar-refractivity contribution in [3.05, 3.63) is 39.9 Å². The topological polar surface area (TPSA) is 79.0 Å². The van der Waals surface area contributed by atoms with Crippen LogP contribution in [0.5, 0.6) is 0 Å². The molecule has 0 aliphatic carbocycles. The van der Waals surface area contributed by atoms with Gasteiger partial charge in [-0.25, -0.2) is 0 Å². The van der Waals surface area contributed by atoms with Crippen molar-refractivity contribution < 1.29 is 4.92 Å². The Morgan fingerprint density at radius 2 is 2.06 bits per heavy atom. The lowest BCUT2D eigenvalue weighted by atomic mass is 10.0. The standard InChI is InChI=1S/C13H17N3O2/c14-13-4-2-1-3-11(15-13)9-10-5-7-12(8-6-10)16(17)18/h5-8,11H,1-4,9H2,(H2,14,15). The largest absolute Gasteiger partial charge is 0.371 e. The molecule has 1 unspecified atom stereocenters. The van der Waals surface area contributed by atoms with Crippen LogP contribution in [-0.4, -0.2) is 16.8 Å². The Kier molecular flexibility index (Phi) is 3.92. The van der Waals surface area contributed by atoms with Gasteiger partial charge in [0.05, 0.1) is 10.8 Å². The van der Waals surface area contributed by atoms with Gasteiger partial charge >= 0.3 is 0 Å². The Morgan fingerprint density at radius 1 is 1.33 bits per heavy atom. The predicted octanol–water partition coefficient (Wildman–Crippen LogP) is 2.65. The SMILES string of the molecule is N=C1CCCCC(Cc2ccc([N+](=O)[O-])cc2)N1. The number of nitro benzene ring substituents is 1. The molecule has 0 amide bonds. The van der Waals surface area contributed by atoms with Gasteiger partial charge in [0.25, 0.3) is 5.69 Å². The van der Waals surface area contributed by atoms with E-state index in [1.165, 1.54) is 12.1 Å². The summed E-state index contributed by atoms with van der Waals surface area (Å²) in [4.78, 5) is 10.2. The highest BCUT2D eigenvalue weighted by atomic mass is 16.6. The van der Waals surface area contributed by atoms with E-state index in [9.17, 15) is 10.1 Å². The van der Waals surface area contributed by atoms with E-state index < -0.39 is 0 Å². The summed E-state index contributed by atoms with van der Waals surface area (Å²) in [6.45, 7) is 0. The number of hydrogen-bond donors (Lipinski definition) is 2. The molecule has 0 radical (unpaired) electrons.